The van der Waals surface area contributed by atoms with Crippen molar-refractivity contribution in [2.45, 2.75) is 36.5 Å². The first kappa shape index (κ1) is 12.5. The lowest BCUT2D eigenvalue weighted by Gasteiger charge is -2.10. The first-order valence-electron chi connectivity index (χ1n) is 5.12. The first-order chi connectivity index (χ1) is 7.13. The number of aliphatic hydroxyl groups is 1. The lowest BCUT2D eigenvalue weighted by molar-refractivity contribution is 0.289. The molecule has 0 aliphatic heterocycles. The molecule has 1 heterocycles. The van der Waals surface area contributed by atoms with Gasteiger partial charge < -0.3 is 10.8 Å². The molecule has 2 unspecified atom stereocenters. The molecule has 84 valence electrons. The third-order valence-electron chi connectivity index (χ3n) is 2.10. The van der Waals surface area contributed by atoms with Gasteiger partial charge in [-0.1, -0.05) is 6.92 Å². The van der Waals surface area contributed by atoms with Crippen LogP contribution in [0, 0.1) is 0 Å². The second-order valence-electron chi connectivity index (χ2n) is 3.65. The minimum atomic E-state index is -0.0149. The number of rotatable bonds is 5. The Bertz CT molecular complexity index is 287. The molecule has 0 amide bonds. The van der Waals surface area contributed by atoms with Gasteiger partial charge in [0.25, 0.3) is 0 Å². The first-order valence-corrected chi connectivity index (χ1v) is 6.00. The highest BCUT2D eigenvalue weighted by molar-refractivity contribution is 7.99. The Morgan fingerprint density at radius 3 is 2.67 bits per heavy atom. The lowest BCUT2D eigenvalue weighted by Crippen LogP contribution is -2.07. The van der Waals surface area contributed by atoms with Gasteiger partial charge in [0.15, 0.2) is 0 Å². The minimum absolute atomic E-state index is 0.0149. The molecule has 3 N–H and O–H groups in total. The van der Waals surface area contributed by atoms with Crippen molar-refractivity contribution in [1.29, 1.82) is 0 Å². The fourth-order valence-electron chi connectivity index (χ4n) is 1.20. The van der Waals surface area contributed by atoms with Gasteiger partial charge in [-0.25, -0.2) is 0 Å². The molecule has 1 rings (SSSR count). The third-order valence-corrected chi connectivity index (χ3v) is 3.25. The molecule has 2 atom stereocenters. The van der Waals surface area contributed by atoms with Crippen LogP contribution in [0.5, 0.6) is 0 Å². The predicted molar refractivity (Wildman–Crippen MR) is 63.9 cm³/mol. The Hall–Kier alpha value is -0.580. The van der Waals surface area contributed by atoms with Crippen molar-refractivity contribution < 1.29 is 5.11 Å². The Labute approximate surface area is 95.1 Å². The van der Waals surface area contributed by atoms with E-state index in [1.807, 2.05) is 25.3 Å². The molecule has 0 fully saturated rings. The van der Waals surface area contributed by atoms with Crippen LogP contribution < -0.4 is 5.73 Å². The molecule has 0 aromatic carbocycles. The van der Waals surface area contributed by atoms with E-state index < -0.39 is 0 Å². The smallest absolute Gasteiger partial charge is 0.0569 e. The van der Waals surface area contributed by atoms with E-state index in [0.717, 1.165) is 17.0 Å². The van der Waals surface area contributed by atoms with Crippen LogP contribution in [0.2, 0.25) is 0 Å². The topological polar surface area (TPSA) is 59.1 Å². The molecule has 0 saturated heterocycles. The summed E-state index contributed by atoms with van der Waals surface area (Å²) in [5.41, 5.74) is 6.62. The van der Waals surface area contributed by atoms with Crippen molar-refractivity contribution in [3.05, 3.63) is 24.0 Å². The normalized spacial score (nSPS) is 14.9. The van der Waals surface area contributed by atoms with Gasteiger partial charge in [-0.2, -0.15) is 0 Å². The number of thioether (sulfide) groups is 1. The van der Waals surface area contributed by atoms with Gasteiger partial charge in [0.05, 0.1) is 5.69 Å². The summed E-state index contributed by atoms with van der Waals surface area (Å²) in [6, 6.07) is 3.97. The Kier molecular flexibility index (Phi) is 5.08. The zero-order valence-electron chi connectivity index (χ0n) is 9.18. The van der Waals surface area contributed by atoms with Crippen molar-refractivity contribution in [1.82, 2.24) is 4.98 Å². The van der Waals surface area contributed by atoms with Crippen molar-refractivity contribution in [3.8, 4) is 0 Å². The summed E-state index contributed by atoms with van der Waals surface area (Å²) in [4.78, 5) is 5.41. The average molecular weight is 226 g/mol. The molecule has 15 heavy (non-hydrogen) atoms. The van der Waals surface area contributed by atoms with Crippen LogP contribution in [-0.2, 0) is 0 Å². The van der Waals surface area contributed by atoms with Crippen LogP contribution in [0.25, 0.3) is 0 Å². The minimum Gasteiger partial charge on any atom is -0.396 e. The van der Waals surface area contributed by atoms with E-state index in [-0.39, 0.29) is 12.6 Å². The maximum atomic E-state index is 8.79. The van der Waals surface area contributed by atoms with E-state index in [1.165, 1.54) is 0 Å². The van der Waals surface area contributed by atoms with Crippen LogP contribution in [0.1, 0.15) is 32.0 Å². The van der Waals surface area contributed by atoms with Crippen LogP contribution in [0.4, 0.5) is 0 Å². The summed E-state index contributed by atoms with van der Waals surface area (Å²) in [6.45, 7) is 4.25. The third kappa shape index (κ3) is 4.20. The molecule has 1 aromatic rings. The van der Waals surface area contributed by atoms with Gasteiger partial charge in [-0.05, 0) is 25.5 Å². The predicted octanol–water partition coefficient (Wildman–Crippen LogP) is 1.96. The Balaban J connectivity index is 2.56. The SMILES string of the molecule is CC(CCO)Sc1ccc(C(C)N)nc1. The van der Waals surface area contributed by atoms with Gasteiger partial charge in [-0.3, -0.25) is 4.98 Å². The second kappa shape index (κ2) is 6.10. The van der Waals surface area contributed by atoms with Gasteiger partial charge in [0.1, 0.15) is 0 Å². The Morgan fingerprint density at radius 2 is 2.20 bits per heavy atom. The number of pyridine rings is 1. The van der Waals surface area contributed by atoms with Crippen LogP contribution in [-0.4, -0.2) is 21.9 Å². The molecule has 0 bridgehead atoms. The largest absolute Gasteiger partial charge is 0.396 e. The fraction of sp³-hybridized carbons (Fsp3) is 0.545. The molecule has 4 heteroatoms. The van der Waals surface area contributed by atoms with Crippen LogP contribution >= 0.6 is 11.8 Å². The Morgan fingerprint density at radius 1 is 1.47 bits per heavy atom. The number of aliphatic hydroxyl groups excluding tert-OH is 1. The number of aromatic nitrogens is 1. The van der Waals surface area contributed by atoms with E-state index in [1.54, 1.807) is 11.8 Å². The van der Waals surface area contributed by atoms with E-state index >= 15 is 0 Å². The highest BCUT2D eigenvalue weighted by Gasteiger charge is 2.05. The highest BCUT2D eigenvalue weighted by Crippen LogP contribution is 2.24. The van der Waals surface area contributed by atoms with Gasteiger partial charge in [0, 0.05) is 29.0 Å². The zero-order valence-corrected chi connectivity index (χ0v) is 10.00. The number of hydrogen-bond donors (Lipinski definition) is 2. The van der Waals surface area contributed by atoms with E-state index in [2.05, 4.69) is 11.9 Å². The van der Waals surface area contributed by atoms with Crippen LogP contribution in [0.3, 0.4) is 0 Å². The molecule has 1 aromatic heterocycles. The monoisotopic (exact) mass is 226 g/mol. The standard InChI is InChI=1S/C11H18N2OS/c1-8(5-6-14)15-10-3-4-11(9(2)12)13-7-10/h3-4,7-9,14H,5-6,12H2,1-2H3. The van der Waals surface area contributed by atoms with Crippen molar-refractivity contribution >= 4 is 11.8 Å². The molecule has 0 saturated carbocycles. The second-order valence-corrected chi connectivity index (χ2v) is 5.16. The summed E-state index contributed by atoms with van der Waals surface area (Å²) in [6.07, 6.45) is 2.65. The maximum Gasteiger partial charge on any atom is 0.0569 e. The highest BCUT2D eigenvalue weighted by atomic mass is 32.2. The molecule has 0 aliphatic rings. The van der Waals surface area contributed by atoms with Gasteiger partial charge >= 0.3 is 0 Å². The van der Waals surface area contributed by atoms with Gasteiger partial charge in [0.2, 0.25) is 0 Å². The van der Waals surface area contributed by atoms with E-state index in [0.29, 0.717) is 5.25 Å². The van der Waals surface area contributed by atoms with Crippen molar-refractivity contribution in [3.63, 3.8) is 0 Å². The summed E-state index contributed by atoms with van der Waals surface area (Å²) in [5.74, 6) is 0. The quantitative estimate of drug-likeness (QED) is 0.754. The van der Waals surface area contributed by atoms with E-state index in [9.17, 15) is 0 Å². The zero-order chi connectivity index (χ0) is 11.3. The fourth-order valence-corrected chi connectivity index (χ4v) is 2.15. The lowest BCUT2D eigenvalue weighted by atomic mass is 10.2. The molecular formula is C11H18N2OS. The number of nitrogens with two attached hydrogens (primary N) is 1. The van der Waals surface area contributed by atoms with E-state index in [4.69, 9.17) is 10.8 Å². The summed E-state index contributed by atoms with van der Waals surface area (Å²) in [5, 5.41) is 9.20. The van der Waals surface area contributed by atoms with Crippen molar-refractivity contribution in [2.24, 2.45) is 5.73 Å². The molecule has 0 spiro atoms. The summed E-state index contributed by atoms with van der Waals surface area (Å²) >= 11 is 1.73. The van der Waals surface area contributed by atoms with Gasteiger partial charge in [-0.15, -0.1) is 11.8 Å². The number of hydrogen-bond acceptors (Lipinski definition) is 4. The molecule has 0 radical (unpaired) electrons. The summed E-state index contributed by atoms with van der Waals surface area (Å²) in [7, 11) is 0. The summed E-state index contributed by atoms with van der Waals surface area (Å²) < 4.78 is 0. The van der Waals surface area contributed by atoms with Crippen LogP contribution in [0.15, 0.2) is 23.2 Å². The molecule has 3 nitrogen and oxygen atoms in total. The molecular weight excluding hydrogens is 208 g/mol. The number of nitrogens with zero attached hydrogens (tertiary/aromatic N) is 1. The van der Waals surface area contributed by atoms with Crippen molar-refractivity contribution in [2.75, 3.05) is 6.61 Å². The molecule has 0 aliphatic carbocycles. The average Bonchev–Trinajstić information content (AvgIpc) is 2.18. The maximum absolute atomic E-state index is 8.79.